The molecule has 1 amide bonds. The molecule has 1 aromatic heterocycles. The number of amides is 1. The van der Waals surface area contributed by atoms with Crippen LogP contribution in [0, 0.1) is 5.92 Å². The number of carbonyl (C=O) groups is 1. The van der Waals surface area contributed by atoms with Crippen LogP contribution in [0.15, 0.2) is 12.1 Å². The second-order valence-corrected chi connectivity index (χ2v) is 7.85. The number of thiophene rings is 1. The first kappa shape index (κ1) is 15.3. The van der Waals surface area contributed by atoms with E-state index in [1.807, 2.05) is 24.1 Å². The van der Waals surface area contributed by atoms with E-state index in [1.54, 1.807) is 11.3 Å². The Bertz CT molecular complexity index is 507. The van der Waals surface area contributed by atoms with E-state index in [2.05, 4.69) is 10.2 Å². The Balaban J connectivity index is 1.55. The molecule has 0 spiro atoms. The van der Waals surface area contributed by atoms with Gasteiger partial charge in [-0.25, -0.2) is 0 Å². The van der Waals surface area contributed by atoms with Crippen molar-refractivity contribution >= 4 is 28.8 Å². The van der Waals surface area contributed by atoms with Crippen molar-refractivity contribution in [1.82, 2.24) is 15.1 Å². The highest BCUT2D eigenvalue weighted by Crippen LogP contribution is 2.26. The lowest BCUT2D eigenvalue weighted by Crippen LogP contribution is -2.49. The first-order valence-electron chi connectivity index (χ1n) is 7.56. The zero-order chi connectivity index (χ0) is 14.8. The lowest BCUT2D eigenvalue weighted by Gasteiger charge is -2.37. The van der Waals surface area contributed by atoms with Crippen LogP contribution < -0.4 is 5.32 Å². The first-order chi connectivity index (χ1) is 10.1. The lowest BCUT2D eigenvalue weighted by molar-refractivity contribution is -0.132. The highest BCUT2D eigenvalue weighted by molar-refractivity contribution is 7.16. The van der Waals surface area contributed by atoms with Crippen LogP contribution in [0.5, 0.6) is 0 Å². The van der Waals surface area contributed by atoms with Gasteiger partial charge < -0.3 is 10.2 Å². The Labute approximate surface area is 135 Å². The zero-order valence-electron chi connectivity index (χ0n) is 12.3. The van der Waals surface area contributed by atoms with Gasteiger partial charge in [-0.2, -0.15) is 0 Å². The molecule has 3 heterocycles. The van der Waals surface area contributed by atoms with Crippen molar-refractivity contribution in [3.05, 3.63) is 21.3 Å². The molecule has 1 N–H and O–H groups in total. The van der Waals surface area contributed by atoms with Crippen LogP contribution in [-0.4, -0.2) is 55.0 Å². The van der Waals surface area contributed by atoms with Crippen molar-refractivity contribution in [1.29, 1.82) is 0 Å². The van der Waals surface area contributed by atoms with E-state index in [0.717, 1.165) is 34.8 Å². The molecule has 2 aliphatic rings. The van der Waals surface area contributed by atoms with Crippen molar-refractivity contribution in [2.24, 2.45) is 5.92 Å². The summed E-state index contributed by atoms with van der Waals surface area (Å²) in [5.74, 6) is 0.931. The summed E-state index contributed by atoms with van der Waals surface area (Å²) < 4.78 is 0.779. The summed E-state index contributed by atoms with van der Waals surface area (Å²) in [4.78, 5) is 17.8. The molecule has 4 nitrogen and oxygen atoms in total. The van der Waals surface area contributed by atoms with Crippen molar-refractivity contribution < 1.29 is 4.79 Å². The summed E-state index contributed by atoms with van der Waals surface area (Å²) in [5, 5.41) is 3.46. The van der Waals surface area contributed by atoms with Crippen molar-refractivity contribution in [2.45, 2.75) is 25.4 Å². The molecule has 0 aromatic carbocycles. The monoisotopic (exact) mass is 327 g/mol. The summed E-state index contributed by atoms with van der Waals surface area (Å²) in [6.45, 7) is 4.38. The van der Waals surface area contributed by atoms with Crippen LogP contribution in [0.1, 0.15) is 17.7 Å². The van der Waals surface area contributed by atoms with E-state index in [9.17, 15) is 4.79 Å². The third kappa shape index (κ3) is 3.59. The number of hydrogen-bond donors (Lipinski definition) is 1. The van der Waals surface area contributed by atoms with Gasteiger partial charge in [-0.05, 0) is 44.0 Å². The maximum atomic E-state index is 12.4. The van der Waals surface area contributed by atoms with E-state index in [0.29, 0.717) is 19.1 Å². The van der Waals surface area contributed by atoms with Crippen LogP contribution in [0.2, 0.25) is 4.34 Å². The summed E-state index contributed by atoms with van der Waals surface area (Å²) in [6.07, 6.45) is 2.51. The Morgan fingerprint density at radius 2 is 2.38 bits per heavy atom. The minimum atomic E-state index is 0.201. The number of nitrogens with one attached hydrogen (secondary N) is 1. The standard InChI is InChI=1S/C15H22ClN3OS/c1-18(9-12-4-5-14(16)21-12)15(20)10-19-6-2-3-11-7-17-8-13(11)19/h4-5,11,13,17H,2-3,6-10H2,1H3. The third-order valence-corrected chi connectivity index (χ3v) is 5.80. The van der Waals surface area contributed by atoms with Crippen molar-refractivity contribution in [2.75, 3.05) is 33.2 Å². The smallest absolute Gasteiger partial charge is 0.236 e. The highest BCUT2D eigenvalue weighted by atomic mass is 35.5. The van der Waals surface area contributed by atoms with Crippen LogP contribution in [0.25, 0.3) is 0 Å². The molecule has 1 aromatic rings. The fourth-order valence-electron chi connectivity index (χ4n) is 3.41. The maximum Gasteiger partial charge on any atom is 0.236 e. The second-order valence-electron chi connectivity index (χ2n) is 6.05. The number of carbonyl (C=O) groups excluding carboxylic acids is 1. The molecule has 3 rings (SSSR count). The number of likely N-dealkylation sites (tertiary alicyclic amines) is 1. The van der Waals surface area contributed by atoms with E-state index < -0.39 is 0 Å². The van der Waals surface area contributed by atoms with Gasteiger partial charge in [0.25, 0.3) is 0 Å². The van der Waals surface area contributed by atoms with Gasteiger partial charge in [0.1, 0.15) is 0 Å². The van der Waals surface area contributed by atoms with E-state index in [-0.39, 0.29) is 5.91 Å². The largest absolute Gasteiger partial charge is 0.340 e. The van der Waals surface area contributed by atoms with Gasteiger partial charge in [0, 0.05) is 24.5 Å². The molecule has 116 valence electrons. The molecule has 2 fully saturated rings. The number of rotatable bonds is 4. The van der Waals surface area contributed by atoms with Gasteiger partial charge in [-0.3, -0.25) is 9.69 Å². The molecule has 21 heavy (non-hydrogen) atoms. The molecular formula is C15H22ClN3OS. The molecule has 2 saturated heterocycles. The quantitative estimate of drug-likeness (QED) is 0.919. The minimum Gasteiger partial charge on any atom is -0.340 e. The van der Waals surface area contributed by atoms with Gasteiger partial charge in [0.05, 0.1) is 17.4 Å². The molecule has 2 aliphatic heterocycles. The van der Waals surface area contributed by atoms with Crippen LogP contribution in [0.4, 0.5) is 0 Å². The topological polar surface area (TPSA) is 35.6 Å². The number of piperidine rings is 1. The zero-order valence-corrected chi connectivity index (χ0v) is 13.9. The van der Waals surface area contributed by atoms with Gasteiger partial charge in [0.2, 0.25) is 5.91 Å². The molecular weight excluding hydrogens is 306 g/mol. The summed E-state index contributed by atoms with van der Waals surface area (Å²) in [6, 6.07) is 4.43. The summed E-state index contributed by atoms with van der Waals surface area (Å²) in [5.41, 5.74) is 0. The predicted molar refractivity (Wildman–Crippen MR) is 86.8 cm³/mol. The molecule has 2 atom stereocenters. The Morgan fingerprint density at radius 3 is 3.14 bits per heavy atom. The normalized spacial score (nSPS) is 25.8. The second kappa shape index (κ2) is 6.65. The molecule has 6 heteroatoms. The molecule has 0 radical (unpaired) electrons. The molecule has 2 unspecified atom stereocenters. The summed E-state index contributed by atoms with van der Waals surface area (Å²) >= 11 is 7.48. The predicted octanol–water partition coefficient (Wildman–Crippen LogP) is 2.04. The minimum absolute atomic E-state index is 0.201. The van der Waals surface area contributed by atoms with Crippen LogP contribution >= 0.6 is 22.9 Å². The van der Waals surface area contributed by atoms with Crippen molar-refractivity contribution in [3.8, 4) is 0 Å². The molecule has 0 aliphatic carbocycles. The van der Waals surface area contributed by atoms with Gasteiger partial charge in [-0.1, -0.05) is 11.6 Å². The summed E-state index contributed by atoms with van der Waals surface area (Å²) in [7, 11) is 1.88. The van der Waals surface area contributed by atoms with E-state index in [1.165, 1.54) is 12.8 Å². The Kier molecular flexibility index (Phi) is 4.84. The number of likely N-dealkylation sites (N-methyl/N-ethyl adjacent to an activating group) is 1. The number of halogens is 1. The Hall–Kier alpha value is -0.620. The SMILES string of the molecule is CN(Cc1ccc(Cl)s1)C(=O)CN1CCCC2CNCC21. The lowest BCUT2D eigenvalue weighted by atomic mass is 9.92. The van der Waals surface area contributed by atoms with Gasteiger partial charge in [0.15, 0.2) is 0 Å². The fraction of sp³-hybridized carbons (Fsp3) is 0.667. The van der Waals surface area contributed by atoms with Gasteiger partial charge in [-0.15, -0.1) is 11.3 Å². The first-order valence-corrected chi connectivity index (χ1v) is 8.76. The average Bonchev–Trinajstić information content (AvgIpc) is 3.08. The van der Waals surface area contributed by atoms with Crippen molar-refractivity contribution in [3.63, 3.8) is 0 Å². The van der Waals surface area contributed by atoms with E-state index >= 15 is 0 Å². The average molecular weight is 328 g/mol. The Morgan fingerprint density at radius 1 is 1.52 bits per heavy atom. The number of hydrogen-bond acceptors (Lipinski definition) is 4. The molecule has 0 bridgehead atoms. The van der Waals surface area contributed by atoms with Crippen LogP contribution in [-0.2, 0) is 11.3 Å². The maximum absolute atomic E-state index is 12.4. The fourth-order valence-corrected chi connectivity index (χ4v) is 4.55. The highest BCUT2D eigenvalue weighted by Gasteiger charge is 2.35. The number of nitrogens with zero attached hydrogens (tertiary/aromatic N) is 2. The number of fused-ring (bicyclic) bond motifs is 1. The van der Waals surface area contributed by atoms with Gasteiger partial charge >= 0.3 is 0 Å². The van der Waals surface area contributed by atoms with Crippen LogP contribution in [0.3, 0.4) is 0 Å². The molecule has 0 saturated carbocycles. The van der Waals surface area contributed by atoms with E-state index in [4.69, 9.17) is 11.6 Å². The third-order valence-electron chi connectivity index (χ3n) is 4.58.